The van der Waals surface area contributed by atoms with Gasteiger partial charge >= 0.3 is 0 Å². The summed E-state index contributed by atoms with van der Waals surface area (Å²) in [5.41, 5.74) is 4.69. The van der Waals surface area contributed by atoms with Gasteiger partial charge in [-0.15, -0.1) is 0 Å². The number of hydrogen-bond donors (Lipinski definition) is 2. The van der Waals surface area contributed by atoms with Crippen molar-refractivity contribution in [2.45, 2.75) is 38.9 Å². The summed E-state index contributed by atoms with van der Waals surface area (Å²) in [6.07, 6.45) is 3.51. The highest BCUT2D eigenvalue weighted by Gasteiger charge is 2.16. The molecule has 0 spiro atoms. The first-order chi connectivity index (χ1) is 19.8. The van der Waals surface area contributed by atoms with Gasteiger partial charge in [-0.05, 0) is 79.4 Å². The number of hydrogen-bond acceptors (Lipinski definition) is 6. The van der Waals surface area contributed by atoms with Crippen LogP contribution in [-0.4, -0.2) is 33.9 Å². The van der Waals surface area contributed by atoms with Gasteiger partial charge in [0.1, 0.15) is 23.9 Å². The monoisotopic (exact) mass is 571 g/mol. The topological polar surface area (TPSA) is 79.9 Å². The minimum atomic E-state index is -3.39. The zero-order valence-corrected chi connectivity index (χ0v) is 24.4. The van der Waals surface area contributed by atoms with E-state index in [9.17, 15) is 8.42 Å². The average Bonchev–Trinajstić information content (AvgIpc) is 3.48. The van der Waals surface area contributed by atoms with Gasteiger partial charge < -0.3 is 19.7 Å². The minimum Gasteiger partial charge on any atom is -0.492 e. The number of benzene rings is 4. The van der Waals surface area contributed by atoms with Crippen molar-refractivity contribution in [1.29, 1.82) is 0 Å². The quantitative estimate of drug-likeness (QED) is 0.202. The van der Waals surface area contributed by atoms with Crippen molar-refractivity contribution in [2.24, 2.45) is 0 Å². The van der Waals surface area contributed by atoms with Crippen LogP contribution in [0.15, 0.2) is 97.1 Å². The molecule has 0 bridgehead atoms. The van der Waals surface area contributed by atoms with Gasteiger partial charge in [0.25, 0.3) is 0 Å². The summed E-state index contributed by atoms with van der Waals surface area (Å²) in [5.74, 6) is 2.27. The molecule has 8 heteroatoms. The molecule has 2 N–H and O–H groups in total. The van der Waals surface area contributed by atoms with Crippen molar-refractivity contribution < 1.29 is 17.9 Å². The fourth-order valence-corrected chi connectivity index (χ4v) is 5.67. The van der Waals surface area contributed by atoms with E-state index in [1.165, 1.54) is 18.2 Å². The van der Waals surface area contributed by atoms with Crippen LogP contribution >= 0.6 is 0 Å². The molecule has 0 aliphatic carbocycles. The molecule has 1 heterocycles. The molecule has 1 fully saturated rings. The van der Waals surface area contributed by atoms with Crippen LogP contribution in [0.25, 0.3) is 0 Å². The highest BCUT2D eigenvalue weighted by molar-refractivity contribution is 7.92. The lowest BCUT2D eigenvalue weighted by atomic mass is 10.1. The van der Waals surface area contributed by atoms with E-state index in [0.717, 1.165) is 47.0 Å². The number of rotatable bonds is 12. The zero-order valence-electron chi connectivity index (χ0n) is 23.5. The molecule has 1 aliphatic rings. The third kappa shape index (κ3) is 8.25. The van der Waals surface area contributed by atoms with Gasteiger partial charge in [0.05, 0.1) is 11.9 Å². The molecular formula is C33H37N3O4S. The predicted octanol–water partition coefficient (Wildman–Crippen LogP) is 6.50. The van der Waals surface area contributed by atoms with Gasteiger partial charge in [0, 0.05) is 30.9 Å². The van der Waals surface area contributed by atoms with Crippen LogP contribution in [0, 0.1) is 6.92 Å². The second kappa shape index (κ2) is 13.1. The summed E-state index contributed by atoms with van der Waals surface area (Å²) in [5, 5.41) is 3.45. The van der Waals surface area contributed by atoms with E-state index in [1.807, 2.05) is 73.7 Å². The Hall–Kier alpha value is -4.01. The second-order valence-electron chi connectivity index (χ2n) is 10.5. The van der Waals surface area contributed by atoms with Crippen molar-refractivity contribution in [1.82, 2.24) is 5.32 Å². The molecule has 4 aromatic rings. The number of anilines is 2. The molecule has 4 aromatic carbocycles. The Labute approximate surface area is 243 Å². The van der Waals surface area contributed by atoms with Crippen molar-refractivity contribution in [3.8, 4) is 17.2 Å². The summed E-state index contributed by atoms with van der Waals surface area (Å²) < 4.78 is 38.6. The Kier molecular flexibility index (Phi) is 9.11. The normalized spacial score (nSPS) is 14.9. The minimum absolute atomic E-state index is 0.413. The molecule has 41 heavy (non-hydrogen) atoms. The van der Waals surface area contributed by atoms with E-state index < -0.39 is 10.0 Å². The Morgan fingerprint density at radius 3 is 2.27 bits per heavy atom. The van der Waals surface area contributed by atoms with Crippen LogP contribution in [-0.2, 0) is 23.1 Å². The zero-order chi connectivity index (χ0) is 28.7. The number of nitrogens with zero attached hydrogens (tertiary/aromatic N) is 1. The van der Waals surface area contributed by atoms with Crippen molar-refractivity contribution in [3.05, 3.63) is 114 Å². The molecule has 1 atom stereocenters. The van der Waals surface area contributed by atoms with Gasteiger partial charge in [0.2, 0.25) is 10.0 Å². The highest BCUT2D eigenvalue weighted by Crippen LogP contribution is 2.31. The Morgan fingerprint density at radius 1 is 0.854 bits per heavy atom. The van der Waals surface area contributed by atoms with Crippen molar-refractivity contribution in [2.75, 3.05) is 29.0 Å². The third-order valence-electron chi connectivity index (χ3n) is 7.11. The molecule has 0 unspecified atom stereocenters. The van der Waals surface area contributed by atoms with E-state index in [-0.39, 0.29) is 0 Å². The second-order valence-corrected chi connectivity index (χ2v) is 12.2. The fourth-order valence-electron chi connectivity index (χ4n) is 5.05. The molecule has 0 aromatic heterocycles. The molecule has 0 saturated carbocycles. The molecular weight excluding hydrogens is 534 g/mol. The maximum Gasteiger partial charge on any atom is 0.229 e. The van der Waals surface area contributed by atoms with Crippen LogP contribution < -0.4 is 24.4 Å². The average molecular weight is 572 g/mol. The van der Waals surface area contributed by atoms with E-state index >= 15 is 0 Å². The molecule has 5 rings (SSSR count). The summed E-state index contributed by atoms with van der Waals surface area (Å²) in [6.45, 7) is 4.97. The van der Waals surface area contributed by atoms with E-state index in [0.29, 0.717) is 31.4 Å². The van der Waals surface area contributed by atoms with Crippen molar-refractivity contribution in [3.63, 3.8) is 0 Å². The molecule has 214 valence electrons. The van der Waals surface area contributed by atoms with Crippen LogP contribution in [0.1, 0.15) is 29.5 Å². The Bertz CT molecular complexity index is 1540. The van der Waals surface area contributed by atoms with Gasteiger partial charge in [0.15, 0.2) is 0 Å². The number of sulfonamides is 1. The molecule has 7 nitrogen and oxygen atoms in total. The smallest absolute Gasteiger partial charge is 0.229 e. The molecule has 1 aliphatic heterocycles. The summed E-state index contributed by atoms with van der Waals surface area (Å²) in [7, 11) is -3.39. The lowest BCUT2D eigenvalue weighted by molar-refractivity contribution is 0.276. The lowest BCUT2D eigenvalue weighted by Gasteiger charge is -2.28. The van der Waals surface area contributed by atoms with Crippen LogP contribution in [0.5, 0.6) is 17.2 Å². The van der Waals surface area contributed by atoms with E-state index in [1.54, 1.807) is 6.07 Å². The lowest BCUT2D eigenvalue weighted by Crippen LogP contribution is -2.28. The summed E-state index contributed by atoms with van der Waals surface area (Å²) >= 11 is 0. The highest BCUT2D eigenvalue weighted by atomic mass is 32.2. The van der Waals surface area contributed by atoms with Gasteiger partial charge in [-0.25, -0.2) is 8.42 Å². The number of ether oxygens (including phenoxy) is 2. The van der Waals surface area contributed by atoms with Gasteiger partial charge in [-0.3, -0.25) is 4.72 Å². The van der Waals surface area contributed by atoms with Crippen molar-refractivity contribution >= 4 is 21.4 Å². The van der Waals surface area contributed by atoms with E-state index in [4.69, 9.17) is 9.47 Å². The van der Waals surface area contributed by atoms with Crippen LogP contribution in [0.2, 0.25) is 0 Å². The Morgan fingerprint density at radius 2 is 1.56 bits per heavy atom. The first kappa shape index (κ1) is 28.5. The summed E-state index contributed by atoms with van der Waals surface area (Å²) in [4.78, 5) is 2.26. The van der Waals surface area contributed by atoms with Gasteiger partial charge in [-0.2, -0.15) is 0 Å². The molecule has 0 amide bonds. The number of nitrogens with one attached hydrogen (secondary N) is 2. The van der Waals surface area contributed by atoms with Gasteiger partial charge in [-0.1, -0.05) is 54.6 Å². The van der Waals surface area contributed by atoms with Crippen LogP contribution in [0.4, 0.5) is 11.4 Å². The summed E-state index contributed by atoms with van der Waals surface area (Å²) in [6, 6.07) is 32.2. The SMILES string of the molecule is Cc1c(NS(C)(=O)=O)cccc1N(Cc1ccccc1)Cc1ccc(Oc2cccc(OC[C@@H]3CCCN3)c2)cc1. The maximum absolute atomic E-state index is 11.9. The molecule has 1 saturated heterocycles. The van der Waals surface area contributed by atoms with Crippen LogP contribution in [0.3, 0.4) is 0 Å². The van der Waals surface area contributed by atoms with E-state index in [2.05, 4.69) is 39.2 Å². The first-order valence-electron chi connectivity index (χ1n) is 13.9. The Balaban J connectivity index is 1.30. The molecule has 0 radical (unpaired) electrons. The third-order valence-corrected chi connectivity index (χ3v) is 7.70. The standard InChI is InChI=1S/C33H37N3O4S/c1-25-32(35-41(2,37)38)14-7-15-33(25)36(22-26-9-4-3-5-10-26)23-27-16-18-29(19-17-27)40-31-13-6-12-30(21-31)39-24-28-11-8-20-34-28/h3-7,9-10,12-19,21,28,34-35H,8,11,20,22-24H2,1-2H3/t28-/m0/s1. The first-order valence-corrected chi connectivity index (χ1v) is 15.8. The fraction of sp³-hybridized carbons (Fsp3) is 0.273. The maximum atomic E-state index is 11.9. The largest absolute Gasteiger partial charge is 0.492 e. The predicted molar refractivity (Wildman–Crippen MR) is 165 cm³/mol.